The Hall–Kier alpha value is -2.47. The third kappa shape index (κ3) is 2.56. The van der Waals surface area contributed by atoms with Gasteiger partial charge < -0.3 is 13.7 Å². The second-order valence-corrected chi connectivity index (χ2v) is 7.44. The molecule has 1 aromatic carbocycles. The molecule has 1 saturated carbocycles. The van der Waals surface area contributed by atoms with E-state index in [4.69, 9.17) is 9.15 Å². The summed E-state index contributed by atoms with van der Waals surface area (Å²) >= 11 is 0. The summed E-state index contributed by atoms with van der Waals surface area (Å²) in [6.45, 7) is 3.73. The highest BCUT2D eigenvalue weighted by molar-refractivity contribution is 5.42. The fourth-order valence-corrected chi connectivity index (χ4v) is 4.14. The molecule has 2 fully saturated rings. The lowest BCUT2D eigenvalue weighted by Crippen LogP contribution is -2.14. The number of benzene rings is 1. The van der Waals surface area contributed by atoms with Crippen LogP contribution in [-0.4, -0.2) is 26.4 Å². The van der Waals surface area contributed by atoms with Gasteiger partial charge in [-0.05, 0) is 37.3 Å². The monoisotopic (exact) mass is 350 g/mol. The molecule has 2 atom stereocenters. The van der Waals surface area contributed by atoms with Crippen LogP contribution in [-0.2, 0) is 16.7 Å². The molecule has 1 aliphatic carbocycles. The first-order valence-corrected chi connectivity index (χ1v) is 9.24. The molecule has 2 aromatic heterocycles. The van der Waals surface area contributed by atoms with Crippen LogP contribution in [0.5, 0.6) is 0 Å². The maximum absolute atomic E-state index is 6.18. The molecule has 0 amide bonds. The van der Waals surface area contributed by atoms with Gasteiger partial charge in [-0.1, -0.05) is 24.3 Å². The first kappa shape index (κ1) is 15.8. The average molecular weight is 350 g/mol. The van der Waals surface area contributed by atoms with Crippen molar-refractivity contribution < 1.29 is 9.15 Å². The minimum Gasteiger partial charge on any atom is -0.421 e. The Labute approximate surface area is 152 Å². The van der Waals surface area contributed by atoms with Crippen LogP contribution < -0.4 is 0 Å². The normalized spacial score (nSPS) is 24.0. The van der Waals surface area contributed by atoms with Gasteiger partial charge in [0.05, 0.1) is 11.7 Å². The summed E-state index contributed by atoms with van der Waals surface area (Å²) in [6, 6.07) is 8.48. The molecule has 2 aliphatic rings. The van der Waals surface area contributed by atoms with Crippen LogP contribution in [0, 0.1) is 12.8 Å². The Morgan fingerprint density at radius 3 is 2.88 bits per heavy atom. The van der Waals surface area contributed by atoms with E-state index in [9.17, 15) is 0 Å². The van der Waals surface area contributed by atoms with E-state index in [-0.39, 0.29) is 11.5 Å². The van der Waals surface area contributed by atoms with Gasteiger partial charge in [0.1, 0.15) is 6.10 Å². The van der Waals surface area contributed by atoms with Crippen molar-refractivity contribution in [2.24, 2.45) is 5.92 Å². The predicted octanol–water partition coefficient (Wildman–Crippen LogP) is 3.43. The van der Waals surface area contributed by atoms with Crippen LogP contribution in [0.1, 0.15) is 48.3 Å². The maximum Gasteiger partial charge on any atom is 0.245 e. The minimum absolute atomic E-state index is 0.102. The second kappa shape index (κ2) is 6.06. The van der Waals surface area contributed by atoms with Crippen molar-refractivity contribution in [3.8, 4) is 0 Å². The van der Waals surface area contributed by atoms with Gasteiger partial charge >= 0.3 is 0 Å². The van der Waals surface area contributed by atoms with Gasteiger partial charge in [-0.3, -0.25) is 0 Å². The number of ether oxygens (including phenoxy) is 1. The molecule has 5 rings (SSSR count). The van der Waals surface area contributed by atoms with Crippen LogP contribution in [0.4, 0.5) is 0 Å². The highest BCUT2D eigenvalue weighted by Crippen LogP contribution is 2.54. The molecule has 6 nitrogen and oxygen atoms in total. The first-order chi connectivity index (χ1) is 12.8. The van der Waals surface area contributed by atoms with Gasteiger partial charge in [-0.25, -0.2) is 4.98 Å². The number of imidazole rings is 1. The largest absolute Gasteiger partial charge is 0.421 e. The van der Waals surface area contributed by atoms with Gasteiger partial charge in [-0.15, -0.1) is 10.2 Å². The molecule has 0 bridgehead atoms. The number of hydrogen-bond donors (Lipinski definition) is 0. The van der Waals surface area contributed by atoms with E-state index in [1.54, 1.807) is 6.20 Å². The number of nitrogens with zero attached hydrogens (tertiary/aromatic N) is 4. The highest BCUT2D eigenvalue weighted by Gasteiger charge is 2.52. The lowest BCUT2D eigenvalue weighted by atomic mass is 9.92. The van der Waals surface area contributed by atoms with Crippen molar-refractivity contribution in [3.05, 3.63) is 65.9 Å². The predicted molar refractivity (Wildman–Crippen MR) is 94.5 cm³/mol. The van der Waals surface area contributed by atoms with Crippen LogP contribution in [0.2, 0.25) is 0 Å². The molecule has 1 saturated heterocycles. The van der Waals surface area contributed by atoms with E-state index in [1.807, 2.05) is 12.5 Å². The molecule has 3 heterocycles. The topological polar surface area (TPSA) is 66.0 Å². The molecular weight excluding hydrogens is 328 g/mol. The Balaban J connectivity index is 1.41. The fraction of sp³-hybridized carbons (Fsp3) is 0.450. The van der Waals surface area contributed by atoms with Crippen LogP contribution in [0.3, 0.4) is 0 Å². The van der Waals surface area contributed by atoms with E-state index >= 15 is 0 Å². The number of aryl methyl sites for hydroxylation is 1. The fourth-order valence-electron chi connectivity index (χ4n) is 4.14. The molecule has 0 radical (unpaired) electrons. The highest BCUT2D eigenvalue weighted by atomic mass is 16.5. The third-order valence-corrected chi connectivity index (χ3v) is 5.72. The zero-order valence-corrected chi connectivity index (χ0v) is 14.8. The molecular formula is C20H22N4O2. The van der Waals surface area contributed by atoms with Gasteiger partial charge in [0.25, 0.3) is 0 Å². The zero-order valence-electron chi connectivity index (χ0n) is 14.8. The van der Waals surface area contributed by atoms with Crippen LogP contribution in [0.25, 0.3) is 0 Å². The van der Waals surface area contributed by atoms with E-state index in [0.29, 0.717) is 11.8 Å². The summed E-state index contributed by atoms with van der Waals surface area (Å²) in [7, 11) is 0. The smallest absolute Gasteiger partial charge is 0.245 e. The first-order valence-electron chi connectivity index (χ1n) is 9.24. The summed E-state index contributed by atoms with van der Waals surface area (Å²) in [4.78, 5) is 4.12. The van der Waals surface area contributed by atoms with Crippen molar-refractivity contribution >= 4 is 0 Å². The summed E-state index contributed by atoms with van der Waals surface area (Å²) in [5.41, 5.74) is 2.48. The van der Waals surface area contributed by atoms with Crippen molar-refractivity contribution in [2.75, 3.05) is 6.61 Å². The van der Waals surface area contributed by atoms with Gasteiger partial charge in [-0.2, -0.15) is 0 Å². The van der Waals surface area contributed by atoms with E-state index in [0.717, 1.165) is 38.3 Å². The van der Waals surface area contributed by atoms with Crippen LogP contribution >= 0.6 is 0 Å². The summed E-state index contributed by atoms with van der Waals surface area (Å²) < 4.78 is 14.2. The Morgan fingerprint density at radius 2 is 2.12 bits per heavy atom. The molecule has 3 aromatic rings. The minimum atomic E-state index is -0.133. The zero-order chi connectivity index (χ0) is 17.6. The second-order valence-electron chi connectivity index (χ2n) is 7.44. The maximum atomic E-state index is 6.18. The number of rotatable bonds is 5. The number of hydrogen-bond acceptors (Lipinski definition) is 5. The molecule has 26 heavy (non-hydrogen) atoms. The van der Waals surface area contributed by atoms with Crippen molar-refractivity contribution in [3.63, 3.8) is 0 Å². The molecule has 6 heteroatoms. The van der Waals surface area contributed by atoms with Gasteiger partial charge in [0.2, 0.25) is 11.8 Å². The standard InChI is InChI=1S/C20H22N4O2/c1-14-4-2-3-5-16(14)20(7-8-20)19-23-22-18(26-19)17-15(6-11-25-17)12-24-10-9-21-13-24/h2-5,9-10,13,15,17H,6-8,11-12H2,1H3/t15-,17-/m0/s1. The molecule has 0 N–H and O–H groups in total. The lowest BCUT2D eigenvalue weighted by Gasteiger charge is -2.16. The molecule has 0 unspecified atom stereocenters. The van der Waals surface area contributed by atoms with Gasteiger partial charge in [0, 0.05) is 31.5 Å². The Bertz CT molecular complexity index is 898. The Morgan fingerprint density at radius 1 is 1.23 bits per heavy atom. The number of aromatic nitrogens is 4. The average Bonchev–Trinajstić information content (AvgIpc) is 3.07. The van der Waals surface area contributed by atoms with Gasteiger partial charge in [0.15, 0.2) is 0 Å². The lowest BCUT2D eigenvalue weighted by molar-refractivity contribution is 0.0625. The SMILES string of the molecule is Cc1ccccc1C1(c2nnc([C@H]3OCC[C@H]3Cn3ccnc3)o2)CC1. The summed E-state index contributed by atoms with van der Waals surface area (Å²) in [5, 5.41) is 8.80. The molecule has 0 spiro atoms. The van der Waals surface area contributed by atoms with E-state index in [2.05, 4.69) is 50.9 Å². The van der Waals surface area contributed by atoms with Crippen molar-refractivity contribution in [1.29, 1.82) is 0 Å². The summed E-state index contributed by atoms with van der Waals surface area (Å²) in [6.07, 6.45) is 8.59. The van der Waals surface area contributed by atoms with E-state index < -0.39 is 0 Å². The Kier molecular flexibility index (Phi) is 3.67. The van der Waals surface area contributed by atoms with Crippen molar-refractivity contribution in [1.82, 2.24) is 19.7 Å². The van der Waals surface area contributed by atoms with E-state index in [1.165, 1.54) is 11.1 Å². The molecule has 134 valence electrons. The quantitative estimate of drug-likeness (QED) is 0.705. The van der Waals surface area contributed by atoms with Crippen molar-refractivity contribution in [2.45, 2.75) is 44.2 Å². The third-order valence-electron chi connectivity index (χ3n) is 5.72. The van der Waals surface area contributed by atoms with Crippen LogP contribution in [0.15, 0.2) is 47.4 Å². The summed E-state index contributed by atoms with van der Waals surface area (Å²) in [5.74, 6) is 1.67. The molecule has 1 aliphatic heterocycles.